The molecule has 3 nitrogen and oxygen atoms in total. The van der Waals surface area contributed by atoms with Gasteiger partial charge in [-0.3, -0.25) is 0 Å². The molecule has 1 aromatic rings. The van der Waals surface area contributed by atoms with Crippen molar-refractivity contribution in [3.05, 3.63) is 22.5 Å². The Morgan fingerprint density at radius 3 is 2.88 bits per heavy atom. The van der Waals surface area contributed by atoms with Crippen molar-refractivity contribution in [3.63, 3.8) is 0 Å². The predicted octanol–water partition coefficient (Wildman–Crippen LogP) is 2.14. The van der Waals surface area contributed by atoms with E-state index in [-0.39, 0.29) is 5.02 Å². The average molecular weight is 246 g/mol. The van der Waals surface area contributed by atoms with Crippen LogP contribution in [0.5, 0.6) is 11.5 Å². The molecule has 1 heterocycles. The third-order valence-corrected chi connectivity index (χ3v) is 2.69. The first-order valence-electron chi connectivity index (χ1n) is 5.20. The molecule has 16 heavy (non-hydrogen) atoms. The molecule has 1 aliphatic heterocycles. The molecule has 0 radical (unpaired) electrons. The third-order valence-electron chi connectivity index (χ3n) is 2.42. The lowest BCUT2D eigenvalue weighted by atomic mass is 10.1. The molecule has 2 N–H and O–H groups in total. The van der Waals surface area contributed by atoms with E-state index in [0.29, 0.717) is 43.2 Å². The van der Waals surface area contributed by atoms with E-state index < -0.39 is 5.82 Å². The molecular formula is C11H13ClFNO2. The number of ether oxygens (including phenoxy) is 2. The van der Waals surface area contributed by atoms with Crippen molar-refractivity contribution in [2.24, 2.45) is 5.73 Å². The smallest absolute Gasteiger partial charge is 0.167 e. The van der Waals surface area contributed by atoms with E-state index in [1.54, 1.807) is 0 Å². The summed E-state index contributed by atoms with van der Waals surface area (Å²) in [5.41, 5.74) is 5.85. The van der Waals surface area contributed by atoms with Gasteiger partial charge in [0, 0.05) is 18.1 Å². The maximum Gasteiger partial charge on any atom is 0.167 e. The number of hydrogen-bond acceptors (Lipinski definition) is 3. The Labute approximate surface area is 98.3 Å². The summed E-state index contributed by atoms with van der Waals surface area (Å²) < 4.78 is 24.7. The van der Waals surface area contributed by atoms with Crippen LogP contribution < -0.4 is 15.2 Å². The van der Waals surface area contributed by atoms with Crippen molar-refractivity contribution in [2.45, 2.75) is 12.8 Å². The fraction of sp³-hybridized carbons (Fsp3) is 0.455. The van der Waals surface area contributed by atoms with Gasteiger partial charge in [-0.1, -0.05) is 11.6 Å². The zero-order valence-electron chi connectivity index (χ0n) is 8.76. The summed E-state index contributed by atoms with van der Waals surface area (Å²) in [6, 6.07) is 1.46. The Balaban J connectivity index is 2.51. The van der Waals surface area contributed by atoms with Crippen molar-refractivity contribution in [3.8, 4) is 11.5 Å². The number of benzene rings is 1. The monoisotopic (exact) mass is 245 g/mol. The van der Waals surface area contributed by atoms with E-state index >= 15 is 0 Å². The molecular weight excluding hydrogens is 233 g/mol. The number of fused-ring (bicyclic) bond motifs is 1. The first-order valence-corrected chi connectivity index (χ1v) is 5.58. The molecule has 0 saturated carbocycles. The molecule has 5 heteroatoms. The van der Waals surface area contributed by atoms with E-state index in [1.807, 2.05) is 0 Å². The minimum atomic E-state index is -0.462. The molecule has 0 saturated heterocycles. The van der Waals surface area contributed by atoms with Gasteiger partial charge in [-0.15, -0.1) is 0 Å². The lowest BCUT2D eigenvalue weighted by molar-refractivity contribution is 0.296. The maximum absolute atomic E-state index is 13.8. The van der Waals surface area contributed by atoms with Gasteiger partial charge >= 0.3 is 0 Å². The highest BCUT2D eigenvalue weighted by atomic mass is 35.5. The van der Waals surface area contributed by atoms with E-state index in [2.05, 4.69) is 0 Å². The number of hydrogen-bond donors (Lipinski definition) is 1. The van der Waals surface area contributed by atoms with Crippen LogP contribution >= 0.6 is 11.6 Å². The summed E-state index contributed by atoms with van der Waals surface area (Å²) in [6.45, 7) is 1.41. The Bertz CT molecular complexity index is 398. The van der Waals surface area contributed by atoms with Crippen LogP contribution in [0.25, 0.3) is 0 Å². The van der Waals surface area contributed by atoms with Gasteiger partial charge in [0.15, 0.2) is 11.5 Å². The summed E-state index contributed by atoms with van der Waals surface area (Å²) >= 11 is 5.79. The van der Waals surface area contributed by atoms with Gasteiger partial charge in [0.05, 0.1) is 18.2 Å². The van der Waals surface area contributed by atoms with Gasteiger partial charge in [-0.2, -0.15) is 0 Å². The molecule has 0 fully saturated rings. The van der Waals surface area contributed by atoms with Crippen molar-refractivity contribution in [2.75, 3.05) is 19.8 Å². The van der Waals surface area contributed by atoms with Crippen LogP contribution in [0.1, 0.15) is 12.0 Å². The highest BCUT2D eigenvalue weighted by Crippen LogP contribution is 2.38. The zero-order valence-corrected chi connectivity index (χ0v) is 9.52. The van der Waals surface area contributed by atoms with E-state index in [1.165, 1.54) is 6.07 Å². The average Bonchev–Trinajstić information content (AvgIpc) is 2.50. The lowest BCUT2D eigenvalue weighted by Crippen LogP contribution is -2.08. The quantitative estimate of drug-likeness (QED) is 0.868. The van der Waals surface area contributed by atoms with Gasteiger partial charge in [-0.05, 0) is 13.0 Å². The molecule has 0 amide bonds. The van der Waals surface area contributed by atoms with Crippen LogP contribution in [0.15, 0.2) is 6.07 Å². The Kier molecular flexibility index (Phi) is 3.51. The van der Waals surface area contributed by atoms with Crippen LogP contribution in [0.2, 0.25) is 5.02 Å². The highest BCUT2D eigenvalue weighted by Gasteiger charge is 2.21. The van der Waals surface area contributed by atoms with Crippen LogP contribution in [0, 0.1) is 5.82 Å². The van der Waals surface area contributed by atoms with Crippen molar-refractivity contribution >= 4 is 11.6 Å². The molecule has 1 aromatic carbocycles. The molecule has 2 rings (SSSR count). The molecule has 1 aliphatic rings. The van der Waals surface area contributed by atoms with Gasteiger partial charge in [-0.25, -0.2) is 4.39 Å². The second kappa shape index (κ2) is 4.89. The van der Waals surface area contributed by atoms with Gasteiger partial charge < -0.3 is 15.2 Å². The standard InChI is InChI=1S/C11H13ClFNO2/c12-8-6-9-11(16-5-1-4-15-9)7(2-3-14)10(8)13/h6H,1-5,14H2. The van der Waals surface area contributed by atoms with Crippen molar-refractivity contribution < 1.29 is 13.9 Å². The molecule has 88 valence electrons. The van der Waals surface area contributed by atoms with Gasteiger partial charge in [0.25, 0.3) is 0 Å². The second-order valence-electron chi connectivity index (χ2n) is 3.57. The lowest BCUT2D eigenvalue weighted by Gasteiger charge is -2.13. The molecule has 0 aromatic heterocycles. The summed E-state index contributed by atoms with van der Waals surface area (Å²) in [4.78, 5) is 0. The summed E-state index contributed by atoms with van der Waals surface area (Å²) in [6.07, 6.45) is 1.16. The Morgan fingerprint density at radius 2 is 2.12 bits per heavy atom. The van der Waals surface area contributed by atoms with Crippen LogP contribution in [0.4, 0.5) is 4.39 Å². The Hall–Kier alpha value is -1.00. The Morgan fingerprint density at radius 1 is 1.38 bits per heavy atom. The number of rotatable bonds is 2. The molecule has 0 bridgehead atoms. The normalized spacial score (nSPS) is 14.7. The zero-order chi connectivity index (χ0) is 11.5. The maximum atomic E-state index is 13.8. The van der Waals surface area contributed by atoms with Crippen molar-refractivity contribution in [1.29, 1.82) is 0 Å². The summed E-state index contributed by atoms with van der Waals surface area (Å²) in [5.74, 6) is 0.494. The summed E-state index contributed by atoms with van der Waals surface area (Å²) in [7, 11) is 0. The molecule has 0 aliphatic carbocycles. The van der Waals surface area contributed by atoms with Gasteiger partial charge in [0.1, 0.15) is 5.82 Å². The SMILES string of the molecule is NCCc1c(F)c(Cl)cc2c1OCCCO2. The molecule has 0 spiro atoms. The van der Waals surface area contributed by atoms with Gasteiger partial charge in [0.2, 0.25) is 0 Å². The van der Waals surface area contributed by atoms with E-state index in [0.717, 1.165) is 6.42 Å². The second-order valence-corrected chi connectivity index (χ2v) is 3.97. The number of halogens is 2. The predicted molar refractivity (Wildman–Crippen MR) is 59.8 cm³/mol. The van der Waals surface area contributed by atoms with Crippen LogP contribution in [0.3, 0.4) is 0 Å². The number of nitrogens with two attached hydrogens (primary N) is 1. The third kappa shape index (κ3) is 2.08. The highest BCUT2D eigenvalue weighted by molar-refractivity contribution is 6.31. The first-order chi connectivity index (χ1) is 7.74. The molecule has 0 atom stereocenters. The minimum Gasteiger partial charge on any atom is -0.489 e. The summed E-state index contributed by atoms with van der Waals surface area (Å²) in [5, 5.41) is 0.0488. The van der Waals surface area contributed by atoms with E-state index in [4.69, 9.17) is 26.8 Å². The largest absolute Gasteiger partial charge is 0.489 e. The first kappa shape index (κ1) is 11.5. The topological polar surface area (TPSA) is 44.5 Å². The minimum absolute atomic E-state index is 0.0488. The molecule has 0 unspecified atom stereocenters. The van der Waals surface area contributed by atoms with Crippen molar-refractivity contribution in [1.82, 2.24) is 0 Å². The fourth-order valence-electron chi connectivity index (χ4n) is 1.68. The van der Waals surface area contributed by atoms with Crippen LogP contribution in [-0.2, 0) is 6.42 Å². The fourth-order valence-corrected chi connectivity index (χ4v) is 1.90. The van der Waals surface area contributed by atoms with Crippen LogP contribution in [-0.4, -0.2) is 19.8 Å². The van der Waals surface area contributed by atoms with E-state index in [9.17, 15) is 4.39 Å².